The molecular formula is C27H38O5. The molecule has 6 aliphatic rings. The number of fused-ring (bicyclic) bond motifs is 3. The quantitative estimate of drug-likeness (QED) is 0.331. The topological polar surface area (TPSA) is 69.7 Å². The zero-order valence-corrected chi connectivity index (χ0v) is 19.9. The van der Waals surface area contributed by atoms with Crippen LogP contribution in [0.4, 0.5) is 0 Å². The Hall–Kier alpha value is -1.33. The van der Waals surface area contributed by atoms with E-state index in [2.05, 4.69) is 27.4 Å². The van der Waals surface area contributed by atoms with E-state index in [1.807, 2.05) is 0 Å². The third kappa shape index (κ3) is 2.67. The summed E-state index contributed by atoms with van der Waals surface area (Å²) in [7, 11) is 0. The minimum absolute atomic E-state index is 0.0616. The first kappa shape index (κ1) is 22.5. The van der Waals surface area contributed by atoms with Crippen LogP contribution in [0.15, 0.2) is 12.2 Å². The Labute approximate surface area is 191 Å². The van der Waals surface area contributed by atoms with Gasteiger partial charge in [-0.15, -0.1) is 0 Å². The first-order chi connectivity index (χ1) is 15.2. The van der Waals surface area contributed by atoms with Gasteiger partial charge in [-0.1, -0.05) is 53.0 Å². The van der Waals surface area contributed by atoms with Gasteiger partial charge in [-0.2, -0.15) is 0 Å². The highest BCUT2D eigenvalue weighted by Crippen LogP contribution is 2.71. The molecule has 2 saturated heterocycles. The van der Waals surface area contributed by atoms with E-state index in [1.165, 1.54) is 12.8 Å². The number of carbonyl (C=O) groups excluding carboxylic acids is 3. The van der Waals surface area contributed by atoms with Crippen LogP contribution in [0.25, 0.3) is 0 Å². The van der Waals surface area contributed by atoms with Gasteiger partial charge in [0.1, 0.15) is 11.9 Å². The highest BCUT2D eigenvalue weighted by atomic mass is 16.5. The second kappa shape index (κ2) is 7.59. The Balaban J connectivity index is 1.55. The normalized spacial score (nSPS) is 44.0. The summed E-state index contributed by atoms with van der Waals surface area (Å²) >= 11 is 0. The molecule has 0 amide bonds. The fourth-order valence-corrected chi connectivity index (χ4v) is 8.36. The van der Waals surface area contributed by atoms with Crippen molar-refractivity contribution in [3.05, 3.63) is 12.2 Å². The van der Waals surface area contributed by atoms with Crippen LogP contribution in [0.1, 0.15) is 78.6 Å². The maximum absolute atomic E-state index is 14.2. The van der Waals surface area contributed by atoms with Crippen LogP contribution in [0.2, 0.25) is 0 Å². The van der Waals surface area contributed by atoms with Gasteiger partial charge in [0.2, 0.25) is 0 Å². The fourth-order valence-electron chi connectivity index (χ4n) is 8.36. The summed E-state index contributed by atoms with van der Waals surface area (Å²) in [5, 5.41) is 0. The minimum atomic E-state index is -1.14. The second-order valence-electron chi connectivity index (χ2n) is 11.7. The predicted molar refractivity (Wildman–Crippen MR) is 120 cm³/mol. The van der Waals surface area contributed by atoms with Crippen molar-refractivity contribution in [3.8, 4) is 0 Å². The average molecular weight is 443 g/mol. The van der Waals surface area contributed by atoms with E-state index in [0.717, 1.165) is 32.1 Å². The molecule has 176 valence electrons. The van der Waals surface area contributed by atoms with Gasteiger partial charge in [0.25, 0.3) is 0 Å². The lowest BCUT2D eigenvalue weighted by Gasteiger charge is -2.68. The Morgan fingerprint density at radius 2 is 1.84 bits per heavy atom. The fraction of sp³-hybridized carbons (Fsp3) is 0.815. The Kier molecular flexibility index (Phi) is 5.33. The number of hydrogen-bond acceptors (Lipinski definition) is 5. The summed E-state index contributed by atoms with van der Waals surface area (Å²) < 4.78 is 12.7. The van der Waals surface area contributed by atoms with Crippen molar-refractivity contribution in [2.24, 2.45) is 34.0 Å². The van der Waals surface area contributed by atoms with Crippen molar-refractivity contribution in [2.45, 2.75) is 90.8 Å². The molecule has 0 N–H and O–H groups in total. The lowest BCUT2D eigenvalue weighted by Crippen LogP contribution is -2.77. The number of allylic oxidation sites excluding steroid dienone is 1. The third-order valence-electron chi connectivity index (χ3n) is 9.92. The van der Waals surface area contributed by atoms with Crippen molar-refractivity contribution in [1.82, 2.24) is 0 Å². The first-order valence-corrected chi connectivity index (χ1v) is 12.8. The van der Waals surface area contributed by atoms with E-state index in [1.54, 1.807) is 0 Å². The molecule has 32 heavy (non-hydrogen) atoms. The molecule has 2 aliphatic heterocycles. The molecule has 4 aliphatic carbocycles. The number of hydrogen-bond donors (Lipinski definition) is 0. The maximum Gasteiger partial charge on any atom is 0.176 e. The Bertz CT molecular complexity index is 858. The summed E-state index contributed by atoms with van der Waals surface area (Å²) in [5.41, 5.74) is -1.70. The summed E-state index contributed by atoms with van der Waals surface area (Å²) in [6, 6.07) is 0. The van der Waals surface area contributed by atoms with Crippen molar-refractivity contribution < 1.29 is 23.9 Å². The largest absolute Gasteiger partial charge is 0.376 e. The van der Waals surface area contributed by atoms with Crippen LogP contribution >= 0.6 is 0 Å². The summed E-state index contributed by atoms with van der Waals surface area (Å²) in [6.45, 7) is 11.4. The molecule has 6 rings (SSSR count). The molecular weight excluding hydrogens is 404 g/mol. The summed E-state index contributed by atoms with van der Waals surface area (Å²) in [5.74, 6) is -0.435. The lowest BCUT2D eigenvalue weighted by molar-refractivity contribution is -0.272. The molecule has 0 aromatic heterocycles. The van der Waals surface area contributed by atoms with Crippen LogP contribution in [0.3, 0.4) is 0 Å². The van der Waals surface area contributed by atoms with Crippen molar-refractivity contribution in [2.75, 3.05) is 13.2 Å². The predicted octanol–water partition coefficient (Wildman–Crippen LogP) is 4.47. The van der Waals surface area contributed by atoms with Gasteiger partial charge in [-0.3, -0.25) is 14.4 Å². The van der Waals surface area contributed by atoms with E-state index in [4.69, 9.17) is 9.47 Å². The highest BCUT2D eigenvalue weighted by molar-refractivity contribution is 6.19. The second-order valence-corrected chi connectivity index (χ2v) is 11.7. The summed E-state index contributed by atoms with van der Waals surface area (Å²) in [6.07, 6.45) is 7.07. The van der Waals surface area contributed by atoms with E-state index in [0.29, 0.717) is 31.6 Å². The lowest BCUT2D eigenvalue weighted by atomic mass is 9.37. The molecule has 2 heterocycles. The zero-order valence-electron chi connectivity index (χ0n) is 19.9. The van der Waals surface area contributed by atoms with Gasteiger partial charge < -0.3 is 9.47 Å². The van der Waals surface area contributed by atoms with Crippen molar-refractivity contribution in [1.29, 1.82) is 0 Å². The highest BCUT2D eigenvalue weighted by Gasteiger charge is 2.79. The molecule has 0 radical (unpaired) electrons. The smallest absolute Gasteiger partial charge is 0.176 e. The minimum Gasteiger partial charge on any atom is -0.376 e. The van der Waals surface area contributed by atoms with Gasteiger partial charge in [0.05, 0.1) is 23.5 Å². The monoisotopic (exact) mass is 442 g/mol. The molecule has 6 fully saturated rings. The molecule has 5 heteroatoms. The van der Waals surface area contributed by atoms with Gasteiger partial charge in [-0.05, 0) is 48.5 Å². The summed E-state index contributed by atoms with van der Waals surface area (Å²) in [4.78, 5) is 41.6. The van der Waals surface area contributed by atoms with Crippen LogP contribution in [0, 0.1) is 34.0 Å². The van der Waals surface area contributed by atoms with Crippen molar-refractivity contribution >= 4 is 17.3 Å². The SMILES string of the molecule is C=C1C(=O)[C@]23C[C@H]1CC[C@H]2[C@]12CO[C@H](CC1=O)C(C)(C)[C@H]2[C@H](OCCCCCCC)C3=O. The number of carbonyl (C=O) groups is 3. The number of Topliss-reactive ketones (excluding diaryl/α,β-unsaturated/α-hetero) is 3. The number of ketones is 3. The average Bonchev–Trinajstić information content (AvgIpc) is 2.95. The van der Waals surface area contributed by atoms with E-state index in [9.17, 15) is 14.4 Å². The number of ether oxygens (including phenoxy) is 2. The van der Waals surface area contributed by atoms with E-state index in [-0.39, 0.29) is 46.6 Å². The van der Waals surface area contributed by atoms with Gasteiger partial charge in [0, 0.05) is 18.9 Å². The zero-order chi connectivity index (χ0) is 22.9. The molecule has 4 saturated carbocycles. The molecule has 0 unspecified atom stereocenters. The number of rotatable bonds is 7. The molecule has 5 nitrogen and oxygen atoms in total. The van der Waals surface area contributed by atoms with Crippen molar-refractivity contribution in [3.63, 3.8) is 0 Å². The number of unbranched alkanes of at least 4 members (excludes halogenated alkanes) is 4. The Morgan fingerprint density at radius 1 is 1.09 bits per heavy atom. The van der Waals surface area contributed by atoms with Gasteiger partial charge in [-0.25, -0.2) is 0 Å². The molecule has 0 aromatic rings. The molecule has 4 bridgehead atoms. The Morgan fingerprint density at radius 3 is 2.56 bits per heavy atom. The molecule has 0 aromatic carbocycles. The van der Waals surface area contributed by atoms with Crippen LogP contribution in [-0.2, 0) is 23.9 Å². The van der Waals surface area contributed by atoms with Crippen LogP contribution in [-0.4, -0.2) is 42.8 Å². The van der Waals surface area contributed by atoms with Gasteiger partial charge >= 0.3 is 0 Å². The first-order valence-electron chi connectivity index (χ1n) is 12.8. The molecule has 7 atom stereocenters. The maximum atomic E-state index is 14.2. The van der Waals surface area contributed by atoms with Crippen LogP contribution in [0.5, 0.6) is 0 Å². The van der Waals surface area contributed by atoms with Gasteiger partial charge in [0.15, 0.2) is 11.6 Å². The van der Waals surface area contributed by atoms with E-state index < -0.39 is 16.9 Å². The van der Waals surface area contributed by atoms with Crippen LogP contribution < -0.4 is 0 Å². The standard InChI is InChI=1S/C27H38O5/c1-5-6-7-8-9-12-31-21-22-25(3,4)20-13-19(28)27(22,15-32-20)18-11-10-17-14-26(18,24(21)30)23(29)16(17)2/h17-18,20-22H,2,5-15H2,1,3-4H3/t17-,18-,20-,21+,22-,26+,27-/m1/s1. The molecule has 2 spiro atoms. The third-order valence-corrected chi connectivity index (χ3v) is 9.92. The van der Waals surface area contributed by atoms with E-state index >= 15 is 0 Å².